The minimum absolute atomic E-state index is 0.0509. The van der Waals surface area contributed by atoms with E-state index < -0.39 is 0 Å². The second kappa shape index (κ2) is 4.09. The first-order valence-corrected chi connectivity index (χ1v) is 2.63. The van der Waals surface area contributed by atoms with E-state index in [2.05, 4.69) is 0 Å². The Labute approximate surface area is 44.3 Å². The van der Waals surface area contributed by atoms with Crippen LogP contribution < -0.4 is 5.73 Å². The normalized spacial score (nSPS) is 14.1. The van der Waals surface area contributed by atoms with Crippen molar-refractivity contribution in [1.82, 2.24) is 5.73 Å². The lowest BCUT2D eigenvalue weighted by atomic mass is 10.2. The number of aliphatic hydroxyl groups is 1. The van der Waals surface area contributed by atoms with Crippen LogP contribution in [0, 0.1) is 0 Å². The molecule has 0 aromatic heterocycles. The molecule has 1 radical (unpaired) electrons. The van der Waals surface area contributed by atoms with Gasteiger partial charge in [0.05, 0.1) is 0 Å². The lowest BCUT2D eigenvalue weighted by molar-refractivity contribution is 0.273. The molecule has 0 saturated carbocycles. The molecule has 2 nitrogen and oxygen atoms in total. The Hall–Kier alpha value is -0.0800. The fourth-order valence-corrected chi connectivity index (χ4v) is 0.360. The maximum absolute atomic E-state index is 8.25. The zero-order valence-electron chi connectivity index (χ0n) is 4.65. The Bertz CT molecular complexity index is 39.1. The summed E-state index contributed by atoms with van der Waals surface area (Å²) in [5.74, 6) is 0. The molecular formula is C5H12NO. The van der Waals surface area contributed by atoms with E-state index in [1.54, 1.807) is 0 Å². The van der Waals surface area contributed by atoms with Crippen molar-refractivity contribution < 1.29 is 5.11 Å². The number of nitrogens with one attached hydrogen (secondary N) is 1. The molecule has 0 heterocycles. The lowest BCUT2D eigenvalue weighted by Gasteiger charge is -2.01. The van der Waals surface area contributed by atoms with Crippen molar-refractivity contribution in [2.45, 2.75) is 25.8 Å². The standard InChI is InChI=1S/C5H12NO/c1-2-5(6)3-4-7/h5-7H,2-4H2,1H3/t5-/m1/s1. The van der Waals surface area contributed by atoms with Crippen LogP contribution in [0.5, 0.6) is 0 Å². The minimum Gasteiger partial charge on any atom is -0.396 e. The minimum atomic E-state index is -0.0509. The van der Waals surface area contributed by atoms with E-state index in [0.29, 0.717) is 6.42 Å². The Morgan fingerprint density at radius 2 is 2.29 bits per heavy atom. The van der Waals surface area contributed by atoms with Gasteiger partial charge in [-0.05, 0) is 12.8 Å². The van der Waals surface area contributed by atoms with E-state index in [0.717, 1.165) is 6.42 Å². The third-order valence-electron chi connectivity index (χ3n) is 0.970. The number of hydrogen-bond acceptors (Lipinski definition) is 1. The predicted octanol–water partition coefficient (Wildman–Crippen LogP) is 0.430. The van der Waals surface area contributed by atoms with Gasteiger partial charge >= 0.3 is 0 Å². The van der Waals surface area contributed by atoms with Crippen LogP contribution in [0.3, 0.4) is 0 Å². The second-order valence-corrected chi connectivity index (χ2v) is 1.62. The van der Waals surface area contributed by atoms with Crippen LogP contribution in [0.15, 0.2) is 0 Å². The van der Waals surface area contributed by atoms with Gasteiger partial charge in [0, 0.05) is 12.6 Å². The Morgan fingerprint density at radius 1 is 1.71 bits per heavy atom. The molecule has 2 N–H and O–H groups in total. The van der Waals surface area contributed by atoms with Crippen molar-refractivity contribution in [2.24, 2.45) is 0 Å². The number of hydrogen-bond donors (Lipinski definition) is 1. The molecular weight excluding hydrogens is 90.1 g/mol. The summed E-state index contributed by atoms with van der Waals surface area (Å²) in [5, 5.41) is 8.25. The van der Waals surface area contributed by atoms with Gasteiger partial charge < -0.3 is 5.11 Å². The van der Waals surface area contributed by atoms with E-state index in [4.69, 9.17) is 10.8 Å². The molecule has 0 fully saturated rings. The van der Waals surface area contributed by atoms with Crippen LogP contribution in [0.2, 0.25) is 0 Å². The SMILES string of the molecule is CC[C@@H]([NH])CCO. The van der Waals surface area contributed by atoms with Crippen molar-refractivity contribution in [1.29, 1.82) is 0 Å². The first-order chi connectivity index (χ1) is 3.31. The highest BCUT2D eigenvalue weighted by Gasteiger charge is 1.94. The molecule has 43 valence electrons. The highest BCUT2D eigenvalue weighted by atomic mass is 16.3. The van der Waals surface area contributed by atoms with E-state index in [-0.39, 0.29) is 12.6 Å². The van der Waals surface area contributed by atoms with Gasteiger partial charge in [-0.25, -0.2) is 0 Å². The highest BCUT2D eigenvalue weighted by Crippen LogP contribution is 1.91. The van der Waals surface area contributed by atoms with Crippen molar-refractivity contribution in [3.05, 3.63) is 0 Å². The third-order valence-corrected chi connectivity index (χ3v) is 0.970. The first kappa shape index (κ1) is 6.92. The lowest BCUT2D eigenvalue weighted by Crippen LogP contribution is -2.08. The molecule has 0 aromatic rings. The number of rotatable bonds is 3. The van der Waals surface area contributed by atoms with Crippen molar-refractivity contribution >= 4 is 0 Å². The average molecular weight is 102 g/mol. The highest BCUT2D eigenvalue weighted by molar-refractivity contribution is 4.53. The molecule has 1 atom stereocenters. The summed E-state index contributed by atoms with van der Waals surface area (Å²) in [6, 6.07) is -0.0509. The van der Waals surface area contributed by atoms with E-state index >= 15 is 0 Å². The van der Waals surface area contributed by atoms with Crippen LogP contribution in [0.1, 0.15) is 19.8 Å². The van der Waals surface area contributed by atoms with E-state index in [9.17, 15) is 0 Å². The molecule has 0 bridgehead atoms. The molecule has 0 aliphatic heterocycles. The fraction of sp³-hybridized carbons (Fsp3) is 1.00. The van der Waals surface area contributed by atoms with Crippen LogP contribution in [0.25, 0.3) is 0 Å². The molecule has 0 amide bonds. The van der Waals surface area contributed by atoms with Gasteiger partial charge in [-0.15, -0.1) is 0 Å². The predicted molar refractivity (Wildman–Crippen MR) is 28.9 cm³/mol. The summed E-state index contributed by atoms with van der Waals surface area (Å²) in [4.78, 5) is 0. The maximum Gasteiger partial charge on any atom is 0.0446 e. The van der Waals surface area contributed by atoms with Gasteiger partial charge in [0.25, 0.3) is 0 Å². The monoisotopic (exact) mass is 102 g/mol. The van der Waals surface area contributed by atoms with Crippen molar-refractivity contribution in [3.63, 3.8) is 0 Å². The molecule has 7 heavy (non-hydrogen) atoms. The molecule has 0 spiro atoms. The Morgan fingerprint density at radius 3 is 2.43 bits per heavy atom. The van der Waals surface area contributed by atoms with Gasteiger partial charge in [0.1, 0.15) is 0 Å². The van der Waals surface area contributed by atoms with Gasteiger partial charge in [0.2, 0.25) is 0 Å². The van der Waals surface area contributed by atoms with Crippen molar-refractivity contribution in [2.75, 3.05) is 6.61 Å². The molecule has 0 aromatic carbocycles. The topological polar surface area (TPSA) is 44.0 Å². The molecule has 0 unspecified atom stereocenters. The summed E-state index contributed by atoms with van der Waals surface area (Å²) >= 11 is 0. The van der Waals surface area contributed by atoms with Gasteiger partial charge in [-0.3, -0.25) is 5.73 Å². The molecule has 0 aliphatic carbocycles. The van der Waals surface area contributed by atoms with Gasteiger partial charge in [-0.1, -0.05) is 6.92 Å². The van der Waals surface area contributed by atoms with Crippen LogP contribution in [0.4, 0.5) is 0 Å². The average Bonchev–Trinajstić information content (AvgIpc) is 1.68. The Kier molecular flexibility index (Phi) is 4.04. The smallest absolute Gasteiger partial charge is 0.0446 e. The van der Waals surface area contributed by atoms with Gasteiger partial charge in [-0.2, -0.15) is 0 Å². The second-order valence-electron chi connectivity index (χ2n) is 1.62. The maximum atomic E-state index is 8.25. The van der Waals surface area contributed by atoms with E-state index in [1.807, 2.05) is 6.92 Å². The third kappa shape index (κ3) is 3.76. The summed E-state index contributed by atoms with van der Waals surface area (Å²) in [6.45, 7) is 2.11. The van der Waals surface area contributed by atoms with Crippen LogP contribution in [-0.4, -0.2) is 17.8 Å². The largest absolute Gasteiger partial charge is 0.396 e. The quantitative estimate of drug-likeness (QED) is 0.551. The summed E-state index contributed by atoms with van der Waals surface area (Å²) < 4.78 is 0. The Balaban J connectivity index is 2.83. The number of aliphatic hydroxyl groups excluding tert-OH is 1. The zero-order chi connectivity index (χ0) is 5.70. The summed E-state index contributed by atoms with van der Waals surface area (Å²) in [6.07, 6.45) is 1.47. The molecule has 0 saturated heterocycles. The zero-order valence-corrected chi connectivity index (χ0v) is 4.65. The summed E-state index contributed by atoms with van der Waals surface area (Å²) in [5.41, 5.74) is 7.06. The molecule has 0 rings (SSSR count). The van der Waals surface area contributed by atoms with Crippen LogP contribution >= 0.6 is 0 Å². The molecule has 2 heteroatoms. The van der Waals surface area contributed by atoms with Crippen molar-refractivity contribution in [3.8, 4) is 0 Å². The fourth-order valence-electron chi connectivity index (χ4n) is 0.360. The molecule has 0 aliphatic rings. The van der Waals surface area contributed by atoms with Crippen LogP contribution in [-0.2, 0) is 0 Å². The van der Waals surface area contributed by atoms with E-state index in [1.165, 1.54) is 0 Å². The first-order valence-electron chi connectivity index (χ1n) is 2.63. The van der Waals surface area contributed by atoms with Gasteiger partial charge in [0.15, 0.2) is 0 Å². The summed E-state index contributed by atoms with van der Waals surface area (Å²) in [7, 11) is 0.